The van der Waals surface area contributed by atoms with Crippen LogP contribution in [0.15, 0.2) is 48.5 Å². The number of unbranched alkanes of at least 4 members (excludes halogenated alkanes) is 12. The van der Waals surface area contributed by atoms with E-state index in [9.17, 15) is 0 Å². The summed E-state index contributed by atoms with van der Waals surface area (Å²) in [4.78, 5) is 0. The number of benzene rings is 2. The molecule has 39 heavy (non-hydrogen) atoms. The van der Waals surface area contributed by atoms with Crippen LogP contribution >= 0.6 is 0 Å². The fraction of sp³-hybridized carbons (Fsp3) is 0.667. The minimum absolute atomic E-state index is 0.182. The van der Waals surface area contributed by atoms with E-state index in [-0.39, 0.29) is 24.4 Å². The molecule has 0 saturated carbocycles. The SMILES string of the molecule is CCCCCCCCCc1ccc(C2OC2COCC2OC2c2ccc(CCCCCCCCC)cc2)cc1. The Balaban J connectivity index is 1.03. The zero-order valence-corrected chi connectivity index (χ0v) is 24.9. The van der Waals surface area contributed by atoms with Gasteiger partial charge in [0.2, 0.25) is 0 Å². The smallest absolute Gasteiger partial charge is 0.112 e. The molecule has 4 atom stereocenters. The van der Waals surface area contributed by atoms with Gasteiger partial charge in [0.25, 0.3) is 0 Å². The van der Waals surface area contributed by atoms with Gasteiger partial charge in [-0.15, -0.1) is 0 Å². The Labute approximate surface area is 239 Å². The summed E-state index contributed by atoms with van der Waals surface area (Å²) in [7, 11) is 0. The summed E-state index contributed by atoms with van der Waals surface area (Å²) in [6.45, 7) is 5.85. The van der Waals surface area contributed by atoms with Crippen LogP contribution in [0.1, 0.15) is 138 Å². The molecule has 0 aliphatic carbocycles. The fourth-order valence-electron chi connectivity index (χ4n) is 5.75. The van der Waals surface area contributed by atoms with Crippen LogP contribution < -0.4 is 0 Å². The summed E-state index contributed by atoms with van der Waals surface area (Å²) in [6.07, 6.45) is 22.2. The van der Waals surface area contributed by atoms with Crippen molar-refractivity contribution in [2.45, 2.75) is 141 Å². The molecule has 216 valence electrons. The van der Waals surface area contributed by atoms with Crippen molar-refractivity contribution in [2.24, 2.45) is 0 Å². The van der Waals surface area contributed by atoms with Crippen molar-refractivity contribution in [3.63, 3.8) is 0 Å². The van der Waals surface area contributed by atoms with E-state index in [4.69, 9.17) is 14.2 Å². The normalized spacial score (nSPS) is 21.8. The maximum atomic E-state index is 5.98. The highest BCUT2D eigenvalue weighted by molar-refractivity contribution is 5.28. The summed E-state index contributed by atoms with van der Waals surface area (Å²) in [6, 6.07) is 18.1. The first-order valence-electron chi connectivity index (χ1n) is 16.3. The van der Waals surface area contributed by atoms with Crippen LogP contribution in [0, 0.1) is 0 Å². The Morgan fingerprint density at radius 3 is 1.23 bits per heavy atom. The van der Waals surface area contributed by atoms with Gasteiger partial charge in [0, 0.05) is 0 Å². The lowest BCUT2D eigenvalue weighted by Gasteiger charge is -2.04. The van der Waals surface area contributed by atoms with Crippen molar-refractivity contribution in [1.82, 2.24) is 0 Å². The Kier molecular flexibility index (Phi) is 13.4. The molecule has 4 unspecified atom stereocenters. The predicted molar refractivity (Wildman–Crippen MR) is 162 cm³/mol. The topological polar surface area (TPSA) is 34.3 Å². The van der Waals surface area contributed by atoms with Crippen LogP contribution in [-0.2, 0) is 27.1 Å². The van der Waals surface area contributed by atoms with Gasteiger partial charge in [0.1, 0.15) is 24.4 Å². The first-order chi connectivity index (χ1) is 19.3. The molecule has 0 bridgehead atoms. The van der Waals surface area contributed by atoms with Crippen molar-refractivity contribution in [3.8, 4) is 0 Å². The molecule has 2 aliphatic rings. The van der Waals surface area contributed by atoms with E-state index in [2.05, 4.69) is 62.4 Å². The van der Waals surface area contributed by atoms with Gasteiger partial charge < -0.3 is 14.2 Å². The third-order valence-electron chi connectivity index (χ3n) is 8.48. The van der Waals surface area contributed by atoms with Gasteiger partial charge in [0.05, 0.1) is 13.2 Å². The van der Waals surface area contributed by atoms with E-state index in [0.29, 0.717) is 13.2 Å². The zero-order valence-electron chi connectivity index (χ0n) is 24.9. The summed E-state index contributed by atoms with van der Waals surface area (Å²) >= 11 is 0. The number of hydrogen-bond acceptors (Lipinski definition) is 3. The Morgan fingerprint density at radius 1 is 0.487 bits per heavy atom. The second kappa shape index (κ2) is 17.2. The van der Waals surface area contributed by atoms with Crippen LogP contribution in [0.25, 0.3) is 0 Å². The second-order valence-corrected chi connectivity index (χ2v) is 12.0. The lowest BCUT2D eigenvalue weighted by atomic mass is 10.0. The first-order valence-corrected chi connectivity index (χ1v) is 16.3. The summed E-state index contributed by atoms with van der Waals surface area (Å²) in [5.41, 5.74) is 5.46. The highest BCUT2D eigenvalue weighted by Gasteiger charge is 2.43. The molecule has 0 aromatic heterocycles. The third-order valence-corrected chi connectivity index (χ3v) is 8.48. The van der Waals surface area contributed by atoms with Crippen LogP contribution in [-0.4, -0.2) is 25.4 Å². The molecule has 3 heteroatoms. The summed E-state index contributed by atoms with van der Waals surface area (Å²) < 4.78 is 17.8. The van der Waals surface area contributed by atoms with Crippen molar-refractivity contribution in [3.05, 3.63) is 70.8 Å². The van der Waals surface area contributed by atoms with E-state index in [1.54, 1.807) is 0 Å². The average molecular weight is 535 g/mol. The van der Waals surface area contributed by atoms with Gasteiger partial charge in [-0.3, -0.25) is 0 Å². The molecule has 0 spiro atoms. The Hall–Kier alpha value is -1.68. The highest BCUT2D eigenvalue weighted by Crippen LogP contribution is 2.41. The number of ether oxygens (including phenoxy) is 3. The molecule has 2 saturated heterocycles. The second-order valence-electron chi connectivity index (χ2n) is 12.0. The minimum atomic E-state index is 0.182. The number of rotatable bonds is 22. The zero-order chi connectivity index (χ0) is 27.1. The molecule has 2 heterocycles. The molecule has 2 aromatic carbocycles. The van der Waals surface area contributed by atoms with Crippen molar-refractivity contribution < 1.29 is 14.2 Å². The van der Waals surface area contributed by atoms with Crippen LogP contribution in [0.3, 0.4) is 0 Å². The van der Waals surface area contributed by atoms with E-state index in [0.717, 1.165) is 0 Å². The lowest BCUT2D eigenvalue weighted by Crippen LogP contribution is -2.08. The summed E-state index contributed by atoms with van der Waals surface area (Å²) in [5.74, 6) is 0. The van der Waals surface area contributed by atoms with Gasteiger partial charge in [-0.25, -0.2) is 0 Å². The minimum Gasteiger partial charge on any atom is -0.376 e. The fourth-order valence-corrected chi connectivity index (χ4v) is 5.75. The standard InChI is InChI=1S/C36H54O3/c1-3-5-7-9-11-13-15-17-29-19-23-31(24-20-29)35-33(38-35)27-37-28-34-36(39-34)32-25-21-30(22-26-32)18-16-14-12-10-8-6-4-2/h19-26,33-36H,3-18,27-28H2,1-2H3. The van der Waals surface area contributed by atoms with Crippen LogP contribution in [0.2, 0.25) is 0 Å². The van der Waals surface area contributed by atoms with E-state index in [1.807, 2.05) is 0 Å². The number of hydrogen-bond donors (Lipinski definition) is 0. The average Bonchev–Trinajstić information content (AvgIpc) is 3.90. The van der Waals surface area contributed by atoms with E-state index >= 15 is 0 Å². The van der Waals surface area contributed by atoms with Crippen molar-refractivity contribution in [1.29, 1.82) is 0 Å². The monoisotopic (exact) mass is 534 g/mol. The molecule has 4 rings (SSSR count). The number of epoxide rings is 2. The molecule has 2 aromatic rings. The summed E-state index contributed by atoms with van der Waals surface area (Å²) in [5, 5.41) is 0. The molecule has 2 fully saturated rings. The quantitative estimate of drug-likeness (QED) is 0.111. The van der Waals surface area contributed by atoms with Gasteiger partial charge in [-0.2, -0.15) is 0 Å². The molecule has 0 N–H and O–H groups in total. The van der Waals surface area contributed by atoms with E-state index in [1.165, 1.54) is 125 Å². The largest absolute Gasteiger partial charge is 0.376 e. The van der Waals surface area contributed by atoms with Crippen molar-refractivity contribution in [2.75, 3.05) is 13.2 Å². The van der Waals surface area contributed by atoms with Crippen molar-refractivity contribution >= 4 is 0 Å². The van der Waals surface area contributed by atoms with Gasteiger partial charge in [-0.1, -0.05) is 139 Å². The lowest BCUT2D eigenvalue weighted by molar-refractivity contribution is 0.102. The highest BCUT2D eigenvalue weighted by atomic mass is 16.6. The van der Waals surface area contributed by atoms with E-state index < -0.39 is 0 Å². The van der Waals surface area contributed by atoms with Crippen LogP contribution in [0.4, 0.5) is 0 Å². The van der Waals surface area contributed by atoms with Gasteiger partial charge >= 0.3 is 0 Å². The Bertz CT molecular complexity index is 830. The van der Waals surface area contributed by atoms with Crippen LogP contribution in [0.5, 0.6) is 0 Å². The number of aryl methyl sites for hydroxylation is 2. The van der Waals surface area contributed by atoms with Gasteiger partial charge in [-0.05, 0) is 47.9 Å². The molecule has 0 radical (unpaired) electrons. The first kappa shape index (κ1) is 30.3. The molecule has 3 nitrogen and oxygen atoms in total. The molecular formula is C36H54O3. The van der Waals surface area contributed by atoms with Gasteiger partial charge in [0.15, 0.2) is 0 Å². The molecule has 2 aliphatic heterocycles. The maximum Gasteiger partial charge on any atom is 0.112 e. The Morgan fingerprint density at radius 2 is 0.846 bits per heavy atom. The maximum absolute atomic E-state index is 5.98. The predicted octanol–water partition coefficient (Wildman–Crippen LogP) is 9.87. The molecule has 0 amide bonds. The molecular weight excluding hydrogens is 480 g/mol. The third kappa shape index (κ3) is 11.0.